The lowest BCUT2D eigenvalue weighted by atomic mass is 10.0. The third-order valence-corrected chi connectivity index (χ3v) is 10.5. The molecule has 2 aliphatic rings. The summed E-state index contributed by atoms with van der Waals surface area (Å²) in [6, 6.07) is 10.9. The molecule has 0 aliphatic carbocycles. The molecule has 43 heavy (non-hydrogen) atoms. The molecule has 0 spiro atoms. The van der Waals surface area contributed by atoms with Gasteiger partial charge in [-0.2, -0.15) is 4.98 Å². The molecule has 0 bridgehead atoms. The predicted octanol–water partition coefficient (Wildman–Crippen LogP) is 6.21. The maximum absolute atomic E-state index is 13.0. The lowest BCUT2D eigenvalue weighted by molar-refractivity contribution is 0.0982. The van der Waals surface area contributed by atoms with Gasteiger partial charge in [-0.15, -0.1) is 0 Å². The minimum absolute atomic E-state index is 0.441. The predicted molar refractivity (Wildman–Crippen MR) is 183 cm³/mol. The quantitative estimate of drug-likeness (QED) is 0.259. The van der Waals surface area contributed by atoms with Gasteiger partial charge in [-0.1, -0.05) is 11.6 Å². The summed E-state index contributed by atoms with van der Waals surface area (Å²) in [5.74, 6) is 1.81. The molecule has 0 atom stereocenters. The first-order valence-corrected chi connectivity index (χ1v) is 18.6. The van der Waals surface area contributed by atoms with Crippen LogP contribution in [0, 0.1) is 13.8 Å². The van der Waals surface area contributed by atoms with Gasteiger partial charge in [0.1, 0.15) is 18.7 Å². The molecule has 2 aliphatic heterocycles. The first-order valence-electron chi connectivity index (χ1n) is 15.2. The molecule has 1 aromatic heterocycles. The summed E-state index contributed by atoms with van der Waals surface area (Å²) in [4.78, 5) is 16.9. The Balaban J connectivity index is 1.33. The van der Waals surface area contributed by atoms with Gasteiger partial charge in [-0.25, -0.2) is 4.98 Å². The van der Waals surface area contributed by atoms with Gasteiger partial charge < -0.3 is 29.7 Å². The van der Waals surface area contributed by atoms with Crippen LogP contribution in [-0.2, 0) is 4.57 Å². The van der Waals surface area contributed by atoms with Crippen molar-refractivity contribution in [1.29, 1.82) is 0 Å². The van der Waals surface area contributed by atoms with Crippen molar-refractivity contribution in [2.24, 2.45) is 0 Å². The third kappa shape index (κ3) is 7.72. The fourth-order valence-electron chi connectivity index (χ4n) is 6.01. The molecule has 232 valence electrons. The van der Waals surface area contributed by atoms with E-state index in [1.807, 2.05) is 32.0 Å². The van der Waals surface area contributed by atoms with Crippen molar-refractivity contribution in [2.45, 2.75) is 39.7 Å². The molecule has 3 heterocycles. The average Bonchev–Trinajstić information content (AvgIpc) is 2.97. The van der Waals surface area contributed by atoms with Crippen molar-refractivity contribution < 1.29 is 9.30 Å². The zero-order chi connectivity index (χ0) is 30.7. The van der Waals surface area contributed by atoms with E-state index in [2.05, 4.69) is 72.4 Å². The van der Waals surface area contributed by atoms with E-state index in [4.69, 9.17) is 9.72 Å². The second-order valence-corrected chi connectivity index (χ2v) is 16.2. The van der Waals surface area contributed by atoms with E-state index in [-0.39, 0.29) is 0 Å². The van der Waals surface area contributed by atoms with Gasteiger partial charge in [0.2, 0.25) is 5.95 Å². The topological polar surface area (TPSA) is 85.9 Å². The summed E-state index contributed by atoms with van der Waals surface area (Å²) in [7, 11) is -0.296. The molecule has 3 aromatic rings. The monoisotopic (exact) mass is 669 g/mol. The normalized spacial score (nSPS) is 17.2. The highest BCUT2D eigenvalue weighted by atomic mass is 79.9. The van der Waals surface area contributed by atoms with Crippen LogP contribution in [0.15, 0.2) is 41.0 Å². The van der Waals surface area contributed by atoms with Crippen LogP contribution < -0.4 is 25.6 Å². The number of likely N-dealkylation sites (N-methyl/N-ethyl adjacent to an activating group) is 1. The summed E-state index contributed by atoms with van der Waals surface area (Å²) < 4.78 is 19.9. The van der Waals surface area contributed by atoms with Crippen LogP contribution in [0.5, 0.6) is 5.75 Å². The fraction of sp³-hybridized carbons (Fsp3) is 0.500. The molecular formula is C32H45BrN7O2P. The number of nitrogens with zero attached hydrogens (tertiary/aromatic N) is 5. The van der Waals surface area contributed by atoms with E-state index in [1.54, 1.807) is 19.5 Å². The number of aromatic nitrogens is 2. The van der Waals surface area contributed by atoms with Gasteiger partial charge in [0.05, 0.1) is 22.5 Å². The van der Waals surface area contributed by atoms with Gasteiger partial charge >= 0.3 is 0 Å². The second kappa shape index (κ2) is 13.6. The Morgan fingerprint density at radius 3 is 2.40 bits per heavy atom. The summed E-state index contributed by atoms with van der Waals surface area (Å²) in [5.41, 5.74) is 5.07. The molecular weight excluding hydrogens is 625 g/mol. The second-order valence-electron chi connectivity index (χ2n) is 12.1. The van der Waals surface area contributed by atoms with Crippen LogP contribution in [0.4, 0.5) is 28.8 Å². The summed E-state index contributed by atoms with van der Waals surface area (Å²) in [5, 5.41) is 7.57. The molecule has 0 saturated carbocycles. The van der Waals surface area contributed by atoms with E-state index in [9.17, 15) is 4.57 Å². The van der Waals surface area contributed by atoms with Crippen LogP contribution in [-0.4, -0.2) is 92.1 Å². The van der Waals surface area contributed by atoms with E-state index >= 15 is 0 Å². The minimum Gasteiger partial charge on any atom is -0.492 e. The third-order valence-electron chi connectivity index (χ3n) is 8.43. The van der Waals surface area contributed by atoms with Crippen molar-refractivity contribution >= 4 is 57.2 Å². The maximum atomic E-state index is 13.0. The number of benzene rings is 2. The smallest absolute Gasteiger partial charge is 0.229 e. The average molecular weight is 671 g/mol. The SMILES string of the molecule is CCOc1cc(N2CCC(N3CCN(C)CC3)CC2)c(C)cc1Nc1ncc(Br)c(Nc2ccc(C)cc2P(C)(C)=O)n1. The number of nitrogens with one attached hydrogen (secondary N) is 2. The zero-order valence-electron chi connectivity index (χ0n) is 26.3. The first kappa shape index (κ1) is 31.8. The molecule has 0 amide bonds. The molecule has 0 unspecified atom stereocenters. The largest absolute Gasteiger partial charge is 0.492 e. The fourth-order valence-corrected chi connectivity index (χ4v) is 7.52. The number of anilines is 5. The van der Waals surface area contributed by atoms with Gasteiger partial charge in [-0.05, 0) is 93.7 Å². The van der Waals surface area contributed by atoms with E-state index in [0.717, 1.165) is 54.2 Å². The highest BCUT2D eigenvalue weighted by Crippen LogP contribution is 2.40. The molecule has 2 fully saturated rings. The zero-order valence-corrected chi connectivity index (χ0v) is 28.8. The van der Waals surface area contributed by atoms with Crippen molar-refractivity contribution in [3.63, 3.8) is 0 Å². The van der Waals surface area contributed by atoms with E-state index < -0.39 is 7.14 Å². The Labute approximate surface area is 264 Å². The number of aryl methyl sites for hydroxylation is 2. The van der Waals surface area contributed by atoms with Crippen molar-refractivity contribution in [3.05, 3.63) is 52.1 Å². The number of piperidine rings is 1. The molecule has 2 N–H and O–H groups in total. The van der Waals surface area contributed by atoms with E-state index in [0.29, 0.717) is 28.9 Å². The Hall–Kier alpha value is -2.65. The molecule has 2 saturated heterocycles. The van der Waals surface area contributed by atoms with Crippen molar-refractivity contribution in [2.75, 3.05) is 81.8 Å². The van der Waals surface area contributed by atoms with Gasteiger partial charge in [-0.3, -0.25) is 4.90 Å². The minimum atomic E-state index is -2.51. The Kier molecular flexibility index (Phi) is 10.0. The molecule has 0 radical (unpaired) electrons. The number of hydrogen-bond acceptors (Lipinski definition) is 9. The van der Waals surface area contributed by atoms with Crippen LogP contribution in [0.25, 0.3) is 0 Å². The number of hydrogen-bond donors (Lipinski definition) is 2. The summed E-state index contributed by atoms with van der Waals surface area (Å²) in [6.45, 7) is 17.1. The standard InChI is InChI=1S/C32H45BrN7O2P/c1-7-42-29-20-28(40-12-10-24(11-13-40)39-16-14-38(4)15-17-39)23(3)19-27(29)36-32-34-21-25(33)31(37-32)35-26-9-8-22(2)18-30(26)43(5,6)41/h8-9,18-21,24H,7,10-17H2,1-6H3,(H2,34,35,36,37). The highest BCUT2D eigenvalue weighted by molar-refractivity contribution is 9.10. The van der Waals surface area contributed by atoms with Crippen LogP contribution in [0.2, 0.25) is 0 Å². The Morgan fingerprint density at radius 2 is 1.72 bits per heavy atom. The Bertz CT molecular complexity index is 1480. The van der Waals surface area contributed by atoms with Gasteiger partial charge in [0.25, 0.3) is 0 Å². The lowest BCUT2D eigenvalue weighted by Gasteiger charge is -2.43. The number of rotatable bonds is 9. The van der Waals surface area contributed by atoms with Crippen LogP contribution >= 0.6 is 23.1 Å². The Morgan fingerprint density at radius 1 is 1.00 bits per heavy atom. The highest BCUT2D eigenvalue weighted by Gasteiger charge is 2.28. The van der Waals surface area contributed by atoms with Gasteiger partial charge in [0.15, 0.2) is 0 Å². The molecule has 5 rings (SSSR count). The van der Waals surface area contributed by atoms with Crippen molar-refractivity contribution in [1.82, 2.24) is 19.8 Å². The number of piperazine rings is 1. The maximum Gasteiger partial charge on any atom is 0.229 e. The summed E-state index contributed by atoms with van der Waals surface area (Å²) >= 11 is 3.58. The van der Waals surface area contributed by atoms with Crippen LogP contribution in [0.1, 0.15) is 30.9 Å². The first-order chi connectivity index (χ1) is 20.5. The molecule has 9 nitrogen and oxygen atoms in total. The van der Waals surface area contributed by atoms with E-state index in [1.165, 1.54) is 37.2 Å². The van der Waals surface area contributed by atoms with Crippen molar-refractivity contribution in [3.8, 4) is 5.75 Å². The van der Waals surface area contributed by atoms with Gasteiger partial charge in [0, 0.05) is 68.6 Å². The summed E-state index contributed by atoms with van der Waals surface area (Å²) in [6.07, 6.45) is 4.09. The molecule has 11 heteroatoms. The van der Waals surface area contributed by atoms with Crippen LogP contribution in [0.3, 0.4) is 0 Å². The lowest BCUT2D eigenvalue weighted by Crippen LogP contribution is -2.52. The number of ether oxygens (including phenoxy) is 1. The molecule has 2 aromatic carbocycles. The number of halogens is 1.